The average molecular weight is 292 g/mol. The lowest BCUT2D eigenvalue weighted by atomic mass is 10.3. The molecule has 0 aliphatic rings. The molecule has 100 valence electrons. The van der Waals surface area contributed by atoms with Crippen molar-refractivity contribution in [2.24, 2.45) is 0 Å². The first-order valence-corrected chi connectivity index (χ1v) is 7.42. The molecule has 2 N–H and O–H groups in total. The van der Waals surface area contributed by atoms with E-state index in [1.54, 1.807) is 17.5 Å². The molecule has 2 aromatic rings. The summed E-state index contributed by atoms with van der Waals surface area (Å²) in [6.07, 6.45) is 2.74. The van der Waals surface area contributed by atoms with Gasteiger partial charge in [0.1, 0.15) is 0 Å². The molecule has 19 heavy (non-hydrogen) atoms. The summed E-state index contributed by atoms with van der Waals surface area (Å²) in [6, 6.07) is 6.26. The smallest absolute Gasteiger partial charge is 0.229 e. The van der Waals surface area contributed by atoms with Gasteiger partial charge in [-0.2, -0.15) is 0 Å². The predicted octanol–water partition coefficient (Wildman–Crippen LogP) is 3.29. The highest BCUT2D eigenvalue weighted by Gasteiger charge is 2.06. The molecule has 0 amide bonds. The first-order chi connectivity index (χ1) is 9.19. The second-order valence-electron chi connectivity index (χ2n) is 4.15. The van der Waals surface area contributed by atoms with E-state index >= 15 is 0 Å². The van der Waals surface area contributed by atoms with Gasteiger partial charge in [0, 0.05) is 12.2 Å². The number of hydrogen-bond donors (Lipinski definition) is 2. The maximum atomic E-state index is 5.22. The molecular formula is C13H16N4S2. The summed E-state index contributed by atoms with van der Waals surface area (Å²) in [6.45, 7) is 4.19. The molecule has 0 spiro atoms. The molecule has 6 heteroatoms. The van der Waals surface area contributed by atoms with Gasteiger partial charge >= 0.3 is 0 Å². The molecule has 1 atom stereocenters. The number of aromatic nitrogens is 2. The molecule has 0 aromatic carbocycles. The molecule has 0 fully saturated rings. The van der Waals surface area contributed by atoms with Crippen LogP contribution in [0.1, 0.15) is 20.3 Å². The van der Waals surface area contributed by atoms with Gasteiger partial charge in [0.15, 0.2) is 5.11 Å². The largest absolute Gasteiger partial charge is 0.360 e. The van der Waals surface area contributed by atoms with Crippen LogP contribution in [0, 0.1) is 0 Å². The van der Waals surface area contributed by atoms with Gasteiger partial charge in [0.2, 0.25) is 5.95 Å². The minimum absolute atomic E-state index is 0.334. The minimum atomic E-state index is 0.334. The molecule has 2 aromatic heterocycles. The van der Waals surface area contributed by atoms with Crippen molar-refractivity contribution in [3.8, 4) is 10.6 Å². The Morgan fingerprint density at radius 3 is 3.00 bits per heavy atom. The number of hydrogen-bond acceptors (Lipinski definition) is 4. The highest BCUT2D eigenvalue weighted by Crippen LogP contribution is 2.22. The fraction of sp³-hybridized carbons (Fsp3) is 0.308. The number of rotatable bonds is 4. The second-order valence-corrected chi connectivity index (χ2v) is 5.51. The number of anilines is 1. The third-order valence-electron chi connectivity index (χ3n) is 2.64. The van der Waals surface area contributed by atoms with E-state index in [2.05, 4.69) is 34.4 Å². The van der Waals surface area contributed by atoms with E-state index in [0.29, 0.717) is 17.1 Å². The first-order valence-electron chi connectivity index (χ1n) is 6.13. The molecule has 2 heterocycles. The fourth-order valence-corrected chi connectivity index (χ4v) is 2.43. The Morgan fingerprint density at radius 2 is 2.32 bits per heavy atom. The zero-order chi connectivity index (χ0) is 13.7. The summed E-state index contributed by atoms with van der Waals surface area (Å²) < 4.78 is 0. The van der Waals surface area contributed by atoms with Gasteiger partial charge < -0.3 is 10.6 Å². The van der Waals surface area contributed by atoms with Crippen LogP contribution in [0.3, 0.4) is 0 Å². The quantitative estimate of drug-likeness (QED) is 0.847. The van der Waals surface area contributed by atoms with Crippen LogP contribution in [0.25, 0.3) is 10.6 Å². The second kappa shape index (κ2) is 6.58. The zero-order valence-electron chi connectivity index (χ0n) is 10.9. The Morgan fingerprint density at radius 1 is 1.47 bits per heavy atom. The standard InChI is InChI=1S/C13H16N4S2/c1-3-9(2)15-13(18)17-12-14-7-6-10(16-12)11-5-4-8-19-11/h4-9H,3H2,1-2H3,(H2,14,15,16,17,18). The predicted molar refractivity (Wildman–Crippen MR) is 84.5 cm³/mol. The molecular weight excluding hydrogens is 276 g/mol. The monoisotopic (exact) mass is 292 g/mol. The number of nitrogens with zero attached hydrogens (tertiary/aromatic N) is 2. The number of thiocarbonyl (C=S) groups is 1. The third-order valence-corrected chi connectivity index (χ3v) is 3.76. The van der Waals surface area contributed by atoms with Crippen LogP contribution in [0.4, 0.5) is 5.95 Å². The first kappa shape index (κ1) is 13.9. The lowest BCUT2D eigenvalue weighted by Gasteiger charge is -2.14. The highest BCUT2D eigenvalue weighted by atomic mass is 32.1. The van der Waals surface area contributed by atoms with E-state index in [1.807, 2.05) is 23.6 Å². The molecule has 1 unspecified atom stereocenters. The van der Waals surface area contributed by atoms with Crippen molar-refractivity contribution in [1.82, 2.24) is 15.3 Å². The molecule has 2 rings (SSSR count). The Kier molecular flexibility index (Phi) is 4.81. The molecule has 0 aliphatic heterocycles. The average Bonchev–Trinajstić information content (AvgIpc) is 2.92. The van der Waals surface area contributed by atoms with E-state index in [4.69, 9.17) is 12.2 Å². The molecule has 0 aliphatic carbocycles. The van der Waals surface area contributed by atoms with Gasteiger partial charge in [-0.1, -0.05) is 13.0 Å². The summed E-state index contributed by atoms with van der Waals surface area (Å²) in [5.74, 6) is 0.520. The van der Waals surface area contributed by atoms with Gasteiger partial charge in [-0.15, -0.1) is 11.3 Å². The minimum Gasteiger partial charge on any atom is -0.360 e. The summed E-state index contributed by atoms with van der Waals surface area (Å²) in [5.41, 5.74) is 0.902. The van der Waals surface area contributed by atoms with Gasteiger partial charge in [0.25, 0.3) is 0 Å². The van der Waals surface area contributed by atoms with Crippen LogP contribution in [-0.2, 0) is 0 Å². The Hall–Kier alpha value is -1.53. The summed E-state index contributed by atoms with van der Waals surface area (Å²) in [7, 11) is 0. The van der Waals surface area contributed by atoms with Crippen molar-refractivity contribution < 1.29 is 0 Å². The molecule has 0 saturated heterocycles. The van der Waals surface area contributed by atoms with Crippen LogP contribution in [0.5, 0.6) is 0 Å². The zero-order valence-corrected chi connectivity index (χ0v) is 12.5. The highest BCUT2D eigenvalue weighted by molar-refractivity contribution is 7.80. The summed E-state index contributed by atoms with van der Waals surface area (Å²) in [4.78, 5) is 9.74. The van der Waals surface area contributed by atoms with E-state index in [0.717, 1.165) is 17.0 Å². The van der Waals surface area contributed by atoms with Crippen molar-refractivity contribution >= 4 is 34.6 Å². The topological polar surface area (TPSA) is 49.8 Å². The van der Waals surface area contributed by atoms with Crippen LogP contribution in [0.15, 0.2) is 29.8 Å². The molecule has 4 nitrogen and oxygen atoms in total. The van der Waals surface area contributed by atoms with Crippen LogP contribution in [-0.4, -0.2) is 21.1 Å². The lowest BCUT2D eigenvalue weighted by Crippen LogP contribution is -2.35. The van der Waals surface area contributed by atoms with Gasteiger partial charge in [0.05, 0.1) is 10.6 Å². The van der Waals surface area contributed by atoms with Crippen molar-refractivity contribution in [2.45, 2.75) is 26.3 Å². The van der Waals surface area contributed by atoms with E-state index in [-0.39, 0.29) is 0 Å². The maximum absolute atomic E-state index is 5.22. The van der Waals surface area contributed by atoms with E-state index in [9.17, 15) is 0 Å². The van der Waals surface area contributed by atoms with E-state index in [1.165, 1.54) is 0 Å². The van der Waals surface area contributed by atoms with Crippen LogP contribution < -0.4 is 10.6 Å². The summed E-state index contributed by atoms with van der Waals surface area (Å²) >= 11 is 6.87. The fourth-order valence-electron chi connectivity index (χ4n) is 1.44. The SMILES string of the molecule is CCC(C)NC(=S)Nc1nccc(-c2cccs2)n1. The Labute approximate surface area is 122 Å². The molecule has 0 radical (unpaired) electrons. The maximum Gasteiger partial charge on any atom is 0.229 e. The lowest BCUT2D eigenvalue weighted by molar-refractivity contribution is 0.645. The normalized spacial score (nSPS) is 11.9. The van der Waals surface area contributed by atoms with Crippen molar-refractivity contribution in [2.75, 3.05) is 5.32 Å². The van der Waals surface area contributed by atoms with Crippen molar-refractivity contribution in [1.29, 1.82) is 0 Å². The third kappa shape index (κ3) is 3.97. The van der Waals surface area contributed by atoms with Crippen LogP contribution >= 0.6 is 23.6 Å². The number of thiophene rings is 1. The van der Waals surface area contributed by atoms with E-state index < -0.39 is 0 Å². The summed E-state index contributed by atoms with van der Waals surface area (Å²) in [5, 5.41) is 8.77. The Bertz CT molecular complexity index is 539. The van der Waals surface area contributed by atoms with Crippen molar-refractivity contribution in [3.05, 3.63) is 29.8 Å². The molecule has 0 bridgehead atoms. The van der Waals surface area contributed by atoms with Crippen molar-refractivity contribution in [3.63, 3.8) is 0 Å². The van der Waals surface area contributed by atoms with Gasteiger partial charge in [-0.05, 0) is 43.1 Å². The Balaban J connectivity index is 2.05. The molecule has 0 saturated carbocycles. The number of nitrogens with one attached hydrogen (secondary N) is 2. The van der Waals surface area contributed by atoms with Crippen LogP contribution in [0.2, 0.25) is 0 Å². The van der Waals surface area contributed by atoms with Gasteiger partial charge in [-0.3, -0.25) is 0 Å². The van der Waals surface area contributed by atoms with Gasteiger partial charge in [-0.25, -0.2) is 9.97 Å².